The number of nitrogen functional groups attached to an aromatic ring is 1. The topological polar surface area (TPSA) is 26.0 Å². The van der Waals surface area contributed by atoms with Crippen LogP contribution in [0.15, 0.2) is 36.4 Å². The van der Waals surface area contributed by atoms with Gasteiger partial charge < -0.3 is 5.73 Å². The molecule has 0 aliphatic rings. The molecule has 100 valence electrons. The Balaban J connectivity index is 2.49. The van der Waals surface area contributed by atoms with Gasteiger partial charge in [-0.05, 0) is 66.6 Å². The van der Waals surface area contributed by atoms with Gasteiger partial charge in [0.15, 0.2) is 0 Å². The number of anilines is 1. The van der Waals surface area contributed by atoms with Crippen molar-refractivity contribution in [2.75, 3.05) is 5.73 Å². The predicted molar refractivity (Wildman–Crippen MR) is 84.4 cm³/mol. The number of benzene rings is 2. The Labute approximate surface area is 116 Å². The lowest BCUT2D eigenvalue weighted by atomic mass is 9.92. The van der Waals surface area contributed by atoms with Crippen LogP contribution in [0.25, 0.3) is 11.1 Å². The van der Waals surface area contributed by atoms with Crippen LogP contribution < -0.4 is 5.73 Å². The summed E-state index contributed by atoms with van der Waals surface area (Å²) < 4.78 is 0. The van der Waals surface area contributed by atoms with E-state index in [4.69, 9.17) is 5.73 Å². The van der Waals surface area contributed by atoms with Crippen LogP contribution >= 0.6 is 0 Å². The number of hydrogen-bond acceptors (Lipinski definition) is 1. The van der Waals surface area contributed by atoms with Crippen molar-refractivity contribution in [2.24, 2.45) is 0 Å². The second kappa shape index (κ2) is 5.92. The van der Waals surface area contributed by atoms with Crippen molar-refractivity contribution >= 4 is 5.69 Å². The maximum atomic E-state index is 5.99. The minimum Gasteiger partial charge on any atom is -0.399 e. The molecular weight excluding hydrogens is 230 g/mol. The smallest absolute Gasteiger partial charge is 0.0346 e. The molecule has 0 fully saturated rings. The van der Waals surface area contributed by atoms with Gasteiger partial charge in [-0.15, -0.1) is 0 Å². The van der Waals surface area contributed by atoms with Gasteiger partial charge in [0.2, 0.25) is 0 Å². The molecule has 0 aliphatic carbocycles. The monoisotopic (exact) mass is 253 g/mol. The molecule has 0 atom stereocenters. The first-order chi connectivity index (χ1) is 9.13. The lowest BCUT2D eigenvalue weighted by Gasteiger charge is -2.14. The lowest BCUT2D eigenvalue weighted by Crippen LogP contribution is -1.96. The second-order valence-electron chi connectivity index (χ2n) is 5.28. The van der Waals surface area contributed by atoms with Crippen molar-refractivity contribution in [3.05, 3.63) is 53.1 Å². The molecule has 0 saturated carbocycles. The standard InChI is InChI=1S/C18H23N/c1-4-5-8-15-9-6-7-10-16(15)17-11-14(3)18(19)12-13(17)2/h6-7,9-12H,4-5,8,19H2,1-3H3. The molecule has 2 aromatic rings. The van der Waals surface area contributed by atoms with Gasteiger partial charge in [0.05, 0.1) is 0 Å². The average Bonchev–Trinajstić information content (AvgIpc) is 2.41. The molecule has 0 amide bonds. The summed E-state index contributed by atoms with van der Waals surface area (Å²) in [6, 6.07) is 13.0. The Bertz CT molecular complexity index is 570. The zero-order chi connectivity index (χ0) is 13.8. The lowest BCUT2D eigenvalue weighted by molar-refractivity contribution is 0.796. The maximum absolute atomic E-state index is 5.99. The Hall–Kier alpha value is -1.76. The number of rotatable bonds is 4. The summed E-state index contributed by atoms with van der Waals surface area (Å²) in [5, 5.41) is 0. The fourth-order valence-corrected chi connectivity index (χ4v) is 2.50. The summed E-state index contributed by atoms with van der Waals surface area (Å²) >= 11 is 0. The molecule has 2 aromatic carbocycles. The molecule has 0 heterocycles. The molecule has 1 nitrogen and oxygen atoms in total. The van der Waals surface area contributed by atoms with Gasteiger partial charge in [-0.2, -0.15) is 0 Å². The van der Waals surface area contributed by atoms with Crippen molar-refractivity contribution in [1.29, 1.82) is 0 Å². The SMILES string of the molecule is CCCCc1ccccc1-c1cc(C)c(N)cc1C. The minimum atomic E-state index is 0.882. The van der Waals surface area contributed by atoms with Gasteiger partial charge in [0, 0.05) is 5.69 Å². The first-order valence-corrected chi connectivity index (χ1v) is 7.08. The number of hydrogen-bond donors (Lipinski definition) is 1. The quantitative estimate of drug-likeness (QED) is 0.771. The van der Waals surface area contributed by atoms with Gasteiger partial charge in [-0.1, -0.05) is 37.6 Å². The minimum absolute atomic E-state index is 0.882. The fraction of sp³-hybridized carbons (Fsp3) is 0.333. The third kappa shape index (κ3) is 2.98. The zero-order valence-electron chi connectivity index (χ0n) is 12.2. The summed E-state index contributed by atoms with van der Waals surface area (Å²) in [6.07, 6.45) is 3.62. The van der Waals surface area contributed by atoms with Gasteiger partial charge in [0.1, 0.15) is 0 Å². The van der Waals surface area contributed by atoms with Crippen molar-refractivity contribution in [1.82, 2.24) is 0 Å². The molecule has 0 radical (unpaired) electrons. The van der Waals surface area contributed by atoms with E-state index in [2.05, 4.69) is 57.2 Å². The maximum Gasteiger partial charge on any atom is 0.0346 e. The largest absolute Gasteiger partial charge is 0.399 e. The van der Waals surface area contributed by atoms with Crippen LogP contribution in [-0.4, -0.2) is 0 Å². The molecule has 2 rings (SSSR count). The van der Waals surface area contributed by atoms with Crippen LogP contribution in [0.3, 0.4) is 0 Å². The average molecular weight is 253 g/mol. The van der Waals surface area contributed by atoms with Crippen LogP contribution in [-0.2, 0) is 6.42 Å². The van der Waals surface area contributed by atoms with E-state index in [1.165, 1.54) is 35.1 Å². The van der Waals surface area contributed by atoms with E-state index in [1.807, 2.05) is 0 Å². The van der Waals surface area contributed by atoms with Crippen LogP contribution in [0.4, 0.5) is 5.69 Å². The van der Waals surface area contributed by atoms with Crippen LogP contribution in [0, 0.1) is 13.8 Å². The van der Waals surface area contributed by atoms with Crippen molar-refractivity contribution in [3.8, 4) is 11.1 Å². The van der Waals surface area contributed by atoms with E-state index in [1.54, 1.807) is 0 Å². The van der Waals surface area contributed by atoms with Gasteiger partial charge >= 0.3 is 0 Å². The molecule has 0 bridgehead atoms. The van der Waals surface area contributed by atoms with Crippen LogP contribution in [0.1, 0.15) is 36.5 Å². The fourth-order valence-electron chi connectivity index (χ4n) is 2.50. The molecule has 0 saturated heterocycles. The van der Waals surface area contributed by atoms with E-state index in [9.17, 15) is 0 Å². The Morgan fingerprint density at radius 3 is 2.42 bits per heavy atom. The Morgan fingerprint density at radius 1 is 0.947 bits per heavy atom. The van der Waals surface area contributed by atoms with Crippen LogP contribution in [0.5, 0.6) is 0 Å². The number of aryl methyl sites for hydroxylation is 3. The van der Waals surface area contributed by atoms with E-state index in [0.29, 0.717) is 0 Å². The summed E-state index contributed by atoms with van der Waals surface area (Å²) in [5.41, 5.74) is 13.4. The molecule has 1 heteroatoms. The molecule has 0 aliphatic heterocycles. The van der Waals surface area contributed by atoms with E-state index in [0.717, 1.165) is 17.7 Å². The normalized spacial score (nSPS) is 10.7. The van der Waals surface area contributed by atoms with E-state index in [-0.39, 0.29) is 0 Å². The van der Waals surface area contributed by atoms with E-state index >= 15 is 0 Å². The summed E-state index contributed by atoms with van der Waals surface area (Å²) in [4.78, 5) is 0. The molecule has 0 aromatic heterocycles. The third-order valence-corrected chi connectivity index (χ3v) is 3.72. The van der Waals surface area contributed by atoms with Crippen molar-refractivity contribution < 1.29 is 0 Å². The number of nitrogens with two attached hydrogens (primary N) is 1. The van der Waals surface area contributed by atoms with Crippen molar-refractivity contribution in [2.45, 2.75) is 40.0 Å². The molecular formula is C18H23N. The zero-order valence-corrected chi connectivity index (χ0v) is 12.2. The van der Waals surface area contributed by atoms with Gasteiger partial charge in [-0.25, -0.2) is 0 Å². The number of unbranched alkanes of at least 4 members (excludes halogenated alkanes) is 1. The highest BCUT2D eigenvalue weighted by molar-refractivity contribution is 5.74. The van der Waals surface area contributed by atoms with E-state index < -0.39 is 0 Å². The first-order valence-electron chi connectivity index (χ1n) is 7.08. The molecule has 19 heavy (non-hydrogen) atoms. The molecule has 2 N–H and O–H groups in total. The first kappa shape index (κ1) is 13.7. The molecule has 0 unspecified atom stereocenters. The highest BCUT2D eigenvalue weighted by Gasteiger charge is 2.08. The predicted octanol–water partition coefficient (Wildman–Crippen LogP) is 4.90. The van der Waals surface area contributed by atoms with Gasteiger partial charge in [0.25, 0.3) is 0 Å². The highest BCUT2D eigenvalue weighted by Crippen LogP contribution is 2.30. The third-order valence-electron chi connectivity index (χ3n) is 3.72. The van der Waals surface area contributed by atoms with Crippen molar-refractivity contribution in [3.63, 3.8) is 0 Å². The summed E-state index contributed by atoms with van der Waals surface area (Å²) in [5.74, 6) is 0. The second-order valence-corrected chi connectivity index (χ2v) is 5.28. The van der Waals surface area contributed by atoms with Gasteiger partial charge in [-0.3, -0.25) is 0 Å². The molecule has 0 spiro atoms. The Kier molecular flexibility index (Phi) is 4.26. The summed E-state index contributed by atoms with van der Waals surface area (Å²) in [6.45, 7) is 6.45. The van der Waals surface area contributed by atoms with Crippen LogP contribution in [0.2, 0.25) is 0 Å². The Morgan fingerprint density at radius 2 is 1.68 bits per heavy atom. The summed E-state index contributed by atoms with van der Waals surface area (Å²) in [7, 11) is 0. The highest BCUT2D eigenvalue weighted by atomic mass is 14.6.